The molecular weight excluding hydrogens is 270 g/mol. The first-order valence-electron chi connectivity index (χ1n) is 7.28. The highest BCUT2D eigenvalue weighted by Gasteiger charge is 2.31. The van der Waals surface area contributed by atoms with E-state index in [0.29, 0.717) is 37.7 Å². The Hall–Kier alpha value is -2.18. The number of hydrogen-bond donors (Lipinski definition) is 1. The van der Waals surface area contributed by atoms with Gasteiger partial charge in [0.1, 0.15) is 5.82 Å². The Balaban J connectivity index is 1.97. The van der Waals surface area contributed by atoms with Crippen molar-refractivity contribution >= 4 is 17.6 Å². The van der Waals surface area contributed by atoms with Crippen LogP contribution in [0.15, 0.2) is 12.4 Å². The zero-order valence-electron chi connectivity index (χ0n) is 12.5. The number of anilines is 1. The van der Waals surface area contributed by atoms with Crippen molar-refractivity contribution in [3.05, 3.63) is 18.1 Å². The Kier molecular flexibility index (Phi) is 5.08. The summed E-state index contributed by atoms with van der Waals surface area (Å²) in [6.45, 7) is 6.84. The Bertz CT molecular complexity index is 503. The lowest BCUT2D eigenvalue weighted by Gasteiger charge is -2.33. The zero-order valence-corrected chi connectivity index (χ0v) is 12.5. The first-order chi connectivity index (χ1) is 10.2. The number of amides is 2. The van der Waals surface area contributed by atoms with Crippen molar-refractivity contribution in [3.8, 4) is 0 Å². The summed E-state index contributed by atoms with van der Waals surface area (Å²) in [5.41, 5.74) is 0.682. The average molecular weight is 291 g/mol. The quantitative estimate of drug-likeness (QED) is 0.772. The summed E-state index contributed by atoms with van der Waals surface area (Å²) < 4.78 is 0. The molecule has 2 rings (SSSR count). The molecule has 0 unspecified atom stereocenters. The van der Waals surface area contributed by atoms with E-state index in [1.807, 2.05) is 13.8 Å². The molecule has 1 fully saturated rings. The Labute approximate surface area is 124 Å². The van der Waals surface area contributed by atoms with Crippen LogP contribution in [0.3, 0.4) is 0 Å². The minimum atomic E-state index is -0.452. The van der Waals surface area contributed by atoms with E-state index in [1.54, 1.807) is 17.3 Å². The normalized spacial score (nSPS) is 15.5. The van der Waals surface area contributed by atoms with Gasteiger partial charge in [0, 0.05) is 26.2 Å². The molecule has 1 saturated heterocycles. The molecule has 0 bridgehead atoms. The average Bonchev–Trinajstić information content (AvgIpc) is 2.49. The largest absolute Gasteiger partial charge is 0.369 e. The minimum Gasteiger partial charge on any atom is -0.369 e. The second-order valence-corrected chi connectivity index (χ2v) is 4.94. The Morgan fingerprint density at radius 3 is 2.43 bits per heavy atom. The van der Waals surface area contributed by atoms with Crippen LogP contribution in [-0.2, 0) is 16.1 Å². The van der Waals surface area contributed by atoms with Gasteiger partial charge in [-0.15, -0.1) is 0 Å². The lowest BCUT2D eigenvalue weighted by Crippen LogP contribution is -2.54. The molecule has 1 aliphatic heterocycles. The number of nitrogens with zero attached hydrogens (tertiary/aromatic N) is 4. The first kappa shape index (κ1) is 15.2. The fourth-order valence-electron chi connectivity index (χ4n) is 2.25. The highest BCUT2D eigenvalue weighted by atomic mass is 16.2. The van der Waals surface area contributed by atoms with Gasteiger partial charge in [-0.2, -0.15) is 0 Å². The van der Waals surface area contributed by atoms with Gasteiger partial charge in [-0.3, -0.25) is 14.6 Å². The van der Waals surface area contributed by atoms with Gasteiger partial charge in [-0.1, -0.05) is 6.92 Å². The van der Waals surface area contributed by atoms with Gasteiger partial charge in [-0.05, 0) is 13.3 Å². The standard InChI is InChI=1S/C14H21N5O2/c1-3-5-18-6-7-19(14(21)13(18)20)10-11-8-17-12(9-16-11)15-4-2/h8-9H,3-7,10H2,1-2H3,(H,15,17). The maximum atomic E-state index is 12.1. The van der Waals surface area contributed by atoms with E-state index in [1.165, 1.54) is 4.90 Å². The summed E-state index contributed by atoms with van der Waals surface area (Å²) in [6.07, 6.45) is 4.13. The van der Waals surface area contributed by atoms with Gasteiger partial charge < -0.3 is 15.1 Å². The monoisotopic (exact) mass is 291 g/mol. The Morgan fingerprint density at radius 1 is 1.10 bits per heavy atom. The number of rotatable bonds is 6. The maximum Gasteiger partial charge on any atom is 0.312 e. The third-order valence-electron chi connectivity index (χ3n) is 3.31. The molecule has 1 aliphatic rings. The maximum absolute atomic E-state index is 12.1. The van der Waals surface area contributed by atoms with E-state index >= 15 is 0 Å². The highest BCUT2D eigenvalue weighted by Crippen LogP contribution is 2.10. The second-order valence-electron chi connectivity index (χ2n) is 4.94. The van der Waals surface area contributed by atoms with E-state index in [0.717, 1.165) is 13.0 Å². The molecule has 7 heteroatoms. The lowest BCUT2D eigenvalue weighted by atomic mass is 10.2. The molecule has 2 heterocycles. The van der Waals surface area contributed by atoms with Gasteiger partial charge >= 0.3 is 11.8 Å². The number of carbonyl (C=O) groups is 2. The van der Waals surface area contributed by atoms with Crippen LogP contribution < -0.4 is 5.32 Å². The van der Waals surface area contributed by atoms with Crippen LogP contribution in [0.4, 0.5) is 5.82 Å². The molecule has 0 atom stereocenters. The van der Waals surface area contributed by atoms with Gasteiger partial charge in [0.25, 0.3) is 0 Å². The van der Waals surface area contributed by atoms with Crippen LogP contribution in [0.5, 0.6) is 0 Å². The molecule has 1 aromatic heterocycles. The zero-order chi connectivity index (χ0) is 15.2. The second kappa shape index (κ2) is 7.01. The lowest BCUT2D eigenvalue weighted by molar-refractivity contribution is -0.156. The van der Waals surface area contributed by atoms with Crippen molar-refractivity contribution < 1.29 is 9.59 Å². The van der Waals surface area contributed by atoms with Gasteiger partial charge in [0.05, 0.1) is 24.6 Å². The fourth-order valence-corrected chi connectivity index (χ4v) is 2.25. The SMILES string of the molecule is CCCN1CCN(Cc2cnc(NCC)cn2)C(=O)C1=O. The summed E-state index contributed by atoms with van der Waals surface area (Å²) in [7, 11) is 0. The fraction of sp³-hybridized carbons (Fsp3) is 0.571. The van der Waals surface area contributed by atoms with Crippen LogP contribution in [0.25, 0.3) is 0 Å². The topological polar surface area (TPSA) is 78.4 Å². The van der Waals surface area contributed by atoms with Crippen LogP contribution in [0.2, 0.25) is 0 Å². The van der Waals surface area contributed by atoms with Crippen LogP contribution in [-0.4, -0.2) is 57.8 Å². The molecule has 0 aromatic carbocycles. The van der Waals surface area contributed by atoms with Crippen molar-refractivity contribution in [2.24, 2.45) is 0 Å². The molecular formula is C14H21N5O2. The third-order valence-corrected chi connectivity index (χ3v) is 3.31. The van der Waals surface area contributed by atoms with Crippen LogP contribution in [0, 0.1) is 0 Å². The van der Waals surface area contributed by atoms with E-state index in [2.05, 4.69) is 15.3 Å². The summed E-state index contributed by atoms with van der Waals surface area (Å²) in [5.74, 6) is -0.163. The molecule has 1 N–H and O–H groups in total. The predicted molar refractivity (Wildman–Crippen MR) is 78.5 cm³/mol. The smallest absolute Gasteiger partial charge is 0.312 e. The number of nitrogens with one attached hydrogen (secondary N) is 1. The molecule has 114 valence electrons. The van der Waals surface area contributed by atoms with Crippen molar-refractivity contribution in [1.29, 1.82) is 0 Å². The van der Waals surface area contributed by atoms with E-state index in [9.17, 15) is 9.59 Å². The molecule has 0 aliphatic carbocycles. The van der Waals surface area contributed by atoms with E-state index in [4.69, 9.17) is 0 Å². The van der Waals surface area contributed by atoms with Crippen molar-refractivity contribution in [1.82, 2.24) is 19.8 Å². The molecule has 0 spiro atoms. The van der Waals surface area contributed by atoms with Gasteiger partial charge in [-0.25, -0.2) is 4.98 Å². The highest BCUT2D eigenvalue weighted by molar-refractivity contribution is 6.35. The summed E-state index contributed by atoms with van der Waals surface area (Å²) in [5, 5.41) is 3.06. The first-order valence-corrected chi connectivity index (χ1v) is 7.28. The Morgan fingerprint density at radius 2 is 1.81 bits per heavy atom. The molecule has 21 heavy (non-hydrogen) atoms. The van der Waals surface area contributed by atoms with Crippen LogP contribution in [0.1, 0.15) is 26.0 Å². The summed E-state index contributed by atoms with van der Waals surface area (Å²) in [6, 6.07) is 0. The van der Waals surface area contributed by atoms with Crippen LogP contribution >= 0.6 is 0 Å². The predicted octanol–water partition coefficient (Wildman–Crippen LogP) is 0.489. The third kappa shape index (κ3) is 3.68. The van der Waals surface area contributed by atoms with Crippen molar-refractivity contribution in [2.75, 3.05) is 31.5 Å². The molecule has 7 nitrogen and oxygen atoms in total. The van der Waals surface area contributed by atoms with Crippen molar-refractivity contribution in [2.45, 2.75) is 26.8 Å². The minimum absolute atomic E-state index is 0.323. The number of piperazine rings is 1. The van der Waals surface area contributed by atoms with Gasteiger partial charge in [0.15, 0.2) is 0 Å². The number of aromatic nitrogens is 2. The van der Waals surface area contributed by atoms with E-state index < -0.39 is 11.8 Å². The summed E-state index contributed by atoms with van der Waals surface area (Å²) >= 11 is 0. The molecule has 1 aromatic rings. The number of carbonyl (C=O) groups excluding carboxylic acids is 2. The molecule has 0 radical (unpaired) electrons. The molecule has 2 amide bonds. The summed E-state index contributed by atoms with van der Waals surface area (Å²) in [4.78, 5) is 35.6. The number of hydrogen-bond acceptors (Lipinski definition) is 5. The van der Waals surface area contributed by atoms with Gasteiger partial charge in [0.2, 0.25) is 0 Å². The molecule has 0 saturated carbocycles. The van der Waals surface area contributed by atoms with E-state index in [-0.39, 0.29) is 0 Å². The van der Waals surface area contributed by atoms with Crippen molar-refractivity contribution in [3.63, 3.8) is 0 Å².